The Morgan fingerprint density at radius 2 is 2.11 bits per heavy atom. The fourth-order valence-electron chi connectivity index (χ4n) is 1.50. The van der Waals surface area contributed by atoms with Gasteiger partial charge in [0.15, 0.2) is 0 Å². The number of amides is 1. The maximum atomic E-state index is 11.5. The van der Waals surface area contributed by atoms with Crippen LogP contribution in [0.1, 0.15) is 12.8 Å². The van der Waals surface area contributed by atoms with E-state index in [1.807, 2.05) is 30.3 Å². The number of rotatable bonds is 9. The van der Waals surface area contributed by atoms with Crippen LogP contribution in [-0.2, 0) is 9.53 Å². The van der Waals surface area contributed by atoms with Gasteiger partial charge in [0.25, 0.3) is 0 Å². The lowest BCUT2D eigenvalue weighted by atomic mass is 10.3. The zero-order valence-corrected chi connectivity index (χ0v) is 11.9. The Balaban J connectivity index is 2.05. The van der Waals surface area contributed by atoms with Gasteiger partial charge in [-0.1, -0.05) is 18.2 Å². The number of alkyl halides is 1. The molecule has 0 fully saturated rings. The molecule has 0 heterocycles. The molecule has 1 rings (SSSR count). The molecule has 0 aliphatic rings. The number of ether oxygens (including phenoxy) is 2. The Labute approximate surface area is 119 Å². The first-order chi connectivity index (χ1) is 9.22. The summed E-state index contributed by atoms with van der Waals surface area (Å²) in [6, 6.07) is 9.43. The van der Waals surface area contributed by atoms with Crippen molar-refractivity contribution in [2.24, 2.45) is 0 Å². The van der Waals surface area contributed by atoms with Crippen molar-refractivity contribution >= 4 is 17.5 Å². The minimum atomic E-state index is -0.0640. The SMILES string of the molecule is COCC(Cl)CCNC(=O)CCOc1ccccc1. The highest BCUT2D eigenvalue weighted by Crippen LogP contribution is 2.08. The van der Waals surface area contributed by atoms with E-state index < -0.39 is 0 Å². The largest absolute Gasteiger partial charge is 0.493 e. The maximum absolute atomic E-state index is 11.5. The van der Waals surface area contributed by atoms with E-state index in [9.17, 15) is 4.79 Å². The van der Waals surface area contributed by atoms with Crippen LogP contribution < -0.4 is 10.1 Å². The van der Waals surface area contributed by atoms with Crippen LogP contribution in [0.15, 0.2) is 30.3 Å². The first-order valence-electron chi connectivity index (χ1n) is 6.30. The van der Waals surface area contributed by atoms with Crippen molar-refractivity contribution in [1.82, 2.24) is 5.32 Å². The van der Waals surface area contributed by atoms with E-state index in [1.54, 1.807) is 7.11 Å². The topological polar surface area (TPSA) is 47.6 Å². The zero-order chi connectivity index (χ0) is 13.9. The molecule has 19 heavy (non-hydrogen) atoms. The number of hydrogen-bond acceptors (Lipinski definition) is 3. The number of halogens is 1. The summed E-state index contributed by atoms with van der Waals surface area (Å²) in [5, 5.41) is 2.74. The van der Waals surface area contributed by atoms with Gasteiger partial charge in [0.2, 0.25) is 5.91 Å². The predicted octanol–water partition coefficient (Wildman–Crippen LogP) is 2.22. The van der Waals surface area contributed by atoms with Crippen molar-refractivity contribution in [1.29, 1.82) is 0 Å². The van der Waals surface area contributed by atoms with Crippen molar-refractivity contribution in [3.8, 4) is 5.75 Å². The predicted molar refractivity (Wildman–Crippen MR) is 75.7 cm³/mol. The average Bonchev–Trinajstić information content (AvgIpc) is 2.40. The zero-order valence-electron chi connectivity index (χ0n) is 11.1. The molecule has 0 aliphatic carbocycles. The fourth-order valence-corrected chi connectivity index (χ4v) is 1.73. The summed E-state index contributed by atoms with van der Waals surface area (Å²) < 4.78 is 10.3. The molecule has 1 aromatic carbocycles. The number of hydrogen-bond donors (Lipinski definition) is 1. The van der Waals surface area contributed by atoms with Gasteiger partial charge in [-0.3, -0.25) is 4.79 Å². The first kappa shape index (κ1) is 15.8. The molecule has 0 spiro atoms. The highest BCUT2D eigenvalue weighted by molar-refractivity contribution is 6.20. The molecule has 106 valence electrons. The maximum Gasteiger partial charge on any atom is 0.223 e. The van der Waals surface area contributed by atoms with Crippen LogP contribution in [0.2, 0.25) is 0 Å². The van der Waals surface area contributed by atoms with Gasteiger partial charge in [-0.15, -0.1) is 11.6 Å². The molecule has 0 saturated heterocycles. The summed E-state index contributed by atoms with van der Waals surface area (Å²) in [7, 11) is 1.61. The second kappa shape index (κ2) is 9.64. The van der Waals surface area contributed by atoms with E-state index >= 15 is 0 Å². The molecular weight excluding hydrogens is 266 g/mol. The average molecular weight is 286 g/mol. The van der Waals surface area contributed by atoms with Gasteiger partial charge < -0.3 is 14.8 Å². The van der Waals surface area contributed by atoms with Crippen LogP contribution in [0.3, 0.4) is 0 Å². The number of carbonyl (C=O) groups is 1. The number of methoxy groups -OCH3 is 1. The van der Waals surface area contributed by atoms with Gasteiger partial charge in [0.1, 0.15) is 5.75 Å². The molecular formula is C14H20ClNO3. The molecule has 0 bridgehead atoms. The summed E-state index contributed by atoms with van der Waals surface area (Å²) in [6.45, 7) is 1.43. The van der Waals surface area contributed by atoms with Gasteiger partial charge in [-0.2, -0.15) is 0 Å². The molecule has 1 aromatic rings. The Morgan fingerprint density at radius 1 is 1.37 bits per heavy atom. The third-order valence-corrected chi connectivity index (χ3v) is 2.81. The van der Waals surface area contributed by atoms with E-state index in [4.69, 9.17) is 21.1 Å². The second-order valence-corrected chi connectivity index (χ2v) is 4.72. The lowest BCUT2D eigenvalue weighted by molar-refractivity contribution is -0.121. The lowest BCUT2D eigenvalue weighted by Gasteiger charge is -2.09. The van der Waals surface area contributed by atoms with Gasteiger partial charge in [0.05, 0.1) is 25.0 Å². The van der Waals surface area contributed by atoms with E-state index in [0.717, 1.165) is 5.75 Å². The van der Waals surface area contributed by atoms with Crippen molar-refractivity contribution in [2.45, 2.75) is 18.2 Å². The minimum Gasteiger partial charge on any atom is -0.493 e. The van der Waals surface area contributed by atoms with Crippen LogP contribution in [0.25, 0.3) is 0 Å². The molecule has 1 amide bonds. The molecule has 5 heteroatoms. The monoisotopic (exact) mass is 285 g/mol. The fraction of sp³-hybridized carbons (Fsp3) is 0.500. The highest BCUT2D eigenvalue weighted by atomic mass is 35.5. The molecule has 4 nitrogen and oxygen atoms in total. The van der Waals surface area contributed by atoms with Crippen molar-refractivity contribution < 1.29 is 14.3 Å². The van der Waals surface area contributed by atoms with E-state index in [0.29, 0.717) is 32.6 Å². The molecule has 1 atom stereocenters. The Bertz CT molecular complexity index is 359. The Morgan fingerprint density at radius 3 is 2.79 bits per heavy atom. The van der Waals surface area contributed by atoms with Gasteiger partial charge in [0, 0.05) is 13.7 Å². The normalized spacial score (nSPS) is 11.9. The molecule has 1 unspecified atom stereocenters. The Hall–Kier alpha value is -1.26. The summed E-state index contributed by atoms with van der Waals surface area (Å²) >= 11 is 5.95. The molecule has 0 aromatic heterocycles. The van der Waals surface area contributed by atoms with Gasteiger partial charge >= 0.3 is 0 Å². The van der Waals surface area contributed by atoms with Crippen molar-refractivity contribution in [3.05, 3.63) is 30.3 Å². The number of nitrogens with one attached hydrogen (secondary N) is 1. The standard InChI is InChI=1S/C14H20ClNO3/c1-18-11-12(15)7-9-16-14(17)8-10-19-13-5-3-2-4-6-13/h2-6,12H,7-11H2,1H3,(H,16,17). The summed E-state index contributed by atoms with van der Waals surface area (Å²) in [4.78, 5) is 11.5. The van der Waals surface area contributed by atoms with Gasteiger partial charge in [-0.05, 0) is 18.6 Å². The molecule has 0 radical (unpaired) electrons. The van der Waals surface area contributed by atoms with Crippen molar-refractivity contribution in [3.63, 3.8) is 0 Å². The third-order valence-electron chi connectivity index (χ3n) is 2.47. The number of para-hydroxylation sites is 1. The summed E-state index contributed by atoms with van der Waals surface area (Å²) in [5.41, 5.74) is 0. The molecule has 0 aliphatic heterocycles. The molecule has 0 saturated carbocycles. The van der Waals surface area contributed by atoms with Crippen LogP contribution in [0, 0.1) is 0 Å². The molecule has 1 N–H and O–H groups in total. The first-order valence-corrected chi connectivity index (χ1v) is 6.73. The summed E-state index contributed by atoms with van der Waals surface area (Å²) in [6.07, 6.45) is 1.03. The third kappa shape index (κ3) is 7.70. The van der Waals surface area contributed by atoms with Crippen LogP contribution in [0.4, 0.5) is 0 Å². The van der Waals surface area contributed by atoms with Gasteiger partial charge in [-0.25, -0.2) is 0 Å². The van der Waals surface area contributed by atoms with E-state index in [1.165, 1.54) is 0 Å². The smallest absolute Gasteiger partial charge is 0.223 e. The number of benzene rings is 1. The van der Waals surface area contributed by atoms with Crippen LogP contribution in [-0.4, -0.2) is 38.2 Å². The van der Waals surface area contributed by atoms with E-state index in [2.05, 4.69) is 5.32 Å². The van der Waals surface area contributed by atoms with Crippen LogP contribution in [0.5, 0.6) is 5.75 Å². The second-order valence-electron chi connectivity index (χ2n) is 4.10. The van der Waals surface area contributed by atoms with Crippen LogP contribution >= 0.6 is 11.6 Å². The number of carbonyl (C=O) groups excluding carboxylic acids is 1. The summed E-state index contributed by atoms with van der Waals surface area (Å²) in [5.74, 6) is 0.744. The lowest BCUT2D eigenvalue weighted by Crippen LogP contribution is -2.28. The highest BCUT2D eigenvalue weighted by Gasteiger charge is 2.05. The minimum absolute atomic E-state index is 0.0304. The van der Waals surface area contributed by atoms with E-state index in [-0.39, 0.29) is 11.3 Å². The van der Waals surface area contributed by atoms with Crippen molar-refractivity contribution in [2.75, 3.05) is 26.9 Å². The Kier molecular flexibility index (Phi) is 8.02. The quantitative estimate of drug-likeness (QED) is 0.708.